The van der Waals surface area contributed by atoms with Crippen molar-refractivity contribution in [3.05, 3.63) is 29.3 Å². The predicted octanol–water partition coefficient (Wildman–Crippen LogP) is 1.77. The van der Waals surface area contributed by atoms with Crippen molar-refractivity contribution in [2.24, 2.45) is 5.92 Å². The number of sulfonamides is 1. The topological polar surface area (TPSA) is 87.7 Å². The van der Waals surface area contributed by atoms with Gasteiger partial charge in [-0.05, 0) is 69.4 Å². The van der Waals surface area contributed by atoms with Gasteiger partial charge in [-0.1, -0.05) is 13.0 Å². The summed E-state index contributed by atoms with van der Waals surface area (Å²) < 4.78 is 32.0. The van der Waals surface area contributed by atoms with Crippen LogP contribution in [0.3, 0.4) is 0 Å². The van der Waals surface area contributed by atoms with Crippen molar-refractivity contribution in [3.63, 3.8) is 0 Å². The van der Waals surface area contributed by atoms with Gasteiger partial charge in [0.25, 0.3) is 5.91 Å². The minimum Gasteiger partial charge on any atom is -0.383 e. The third-order valence-electron chi connectivity index (χ3n) is 5.18. The summed E-state index contributed by atoms with van der Waals surface area (Å²) in [5.41, 5.74) is 1.14. The Balaban J connectivity index is 1.88. The van der Waals surface area contributed by atoms with Crippen molar-refractivity contribution < 1.29 is 17.9 Å². The Bertz CT molecular complexity index is 744. The minimum absolute atomic E-state index is 0.0850. The zero-order chi connectivity index (χ0) is 20.6. The fourth-order valence-corrected chi connectivity index (χ4v) is 4.30. The lowest BCUT2D eigenvalue weighted by atomic mass is 9.99. The second kappa shape index (κ2) is 10.9. The Kier molecular flexibility index (Phi) is 8.88. The molecule has 2 rings (SSSR count). The van der Waals surface area contributed by atoms with Crippen LogP contribution in [-0.2, 0) is 14.8 Å². The number of carbonyl (C=O) groups excluding carboxylic acids is 1. The standard InChI is InChI=1S/C20H33N3O4S/c1-16-7-12-23(13-8-16)11-4-9-21-20(24)19-15-18(6-5-17(19)2)28(25,26)22-10-14-27-3/h5-6,15-16,22H,4,7-14H2,1-3H3,(H,21,24). The smallest absolute Gasteiger partial charge is 0.251 e. The van der Waals surface area contributed by atoms with Gasteiger partial charge in [-0.2, -0.15) is 0 Å². The van der Waals surface area contributed by atoms with E-state index in [0.717, 1.165) is 37.5 Å². The Morgan fingerprint density at radius 3 is 2.64 bits per heavy atom. The molecule has 0 aromatic heterocycles. The lowest BCUT2D eigenvalue weighted by Gasteiger charge is -2.30. The molecule has 0 saturated carbocycles. The molecule has 0 bridgehead atoms. The van der Waals surface area contributed by atoms with Gasteiger partial charge in [-0.15, -0.1) is 0 Å². The first-order chi connectivity index (χ1) is 13.3. The van der Waals surface area contributed by atoms with Gasteiger partial charge in [0.15, 0.2) is 0 Å². The third-order valence-corrected chi connectivity index (χ3v) is 6.63. The highest BCUT2D eigenvalue weighted by Crippen LogP contribution is 2.17. The summed E-state index contributed by atoms with van der Waals surface area (Å²) >= 11 is 0. The highest BCUT2D eigenvalue weighted by Gasteiger charge is 2.18. The molecule has 28 heavy (non-hydrogen) atoms. The van der Waals surface area contributed by atoms with E-state index >= 15 is 0 Å². The number of ether oxygens (including phenoxy) is 1. The molecule has 8 heteroatoms. The van der Waals surface area contributed by atoms with Crippen LogP contribution in [0.15, 0.2) is 23.1 Å². The van der Waals surface area contributed by atoms with E-state index < -0.39 is 10.0 Å². The monoisotopic (exact) mass is 411 g/mol. The number of piperidine rings is 1. The molecule has 1 aliphatic heterocycles. The van der Waals surface area contributed by atoms with Gasteiger partial charge in [-0.3, -0.25) is 4.79 Å². The molecule has 1 fully saturated rings. The van der Waals surface area contributed by atoms with Crippen molar-refractivity contribution in [1.82, 2.24) is 14.9 Å². The molecular formula is C20H33N3O4S. The molecule has 0 radical (unpaired) electrons. The molecule has 0 atom stereocenters. The van der Waals surface area contributed by atoms with Gasteiger partial charge in [0.2, 0.25) is 10.0 Å². The highest BCUT2D eigenvalue weighted by molar-refractivity contribution is 7.89. The highest BCUT2D eigenvalue weighted by atomic mass is 32.2. The van der Waals surface area contributed by atoms with Crippen molar-refractivity contribution in [2.75, 3.05) is 46.4 Å². The van der Waals surface area contributed by atoms with E-state index in [1.165, 1.54) is 32.1 Å². The number of methoxy groups -OCH3 is 1. The minimum atomic E-state index is -3.67. The lowest BCUT2D eigenvalue weighted by molar-refractivity contribution is 0.0949. The molecule has 1 aromatic carbocycles. The van der Waals surface area contributed by atoms with Gasteiger partial charge < -0.3 is 15.0 Å². The summed E-state index contributed by atoms with van der Waals surface area (Å²) in [6.45, 7) is 8.38. The van der Waals surface area contributed by atoms with Crippen LogP contribution in [0.4, 0.5) is 0 Å². The van der Waals surface area contributed by atoms with E-state index in [4.69, 9.17) is 4.74 Å². The van der Waals surface area contributed by atoms with E-state index in [9.17, 15) is 13.2 Å². The fraction of sp³-hybridized carbons (Fsp3) is 0.650. The van der Waals surface area contributed by atoms with Gasteiger partial charge in [0.05, 0.1) is 11.5 Å². The van der Waals surface area contributed by atoms with Crippen molar-refractivity contribution in [2.45, 2.75) is 38.0 Å². The predicted molar refractivity (Wildman–Crippen MR) is 110 cm³/mol. The van der Waals surface area contributed by atoms with Crippen LogP contribution in [0, 0.1) is 12.8 Å². The largest absolute Gasteiger partial charge is 0.383 e. The molecule has 1 aliphatic rings. The summed E-state index contributed by atoms with van der Waals surface area (Å²) in [6, 6.07) is 4.61. The van der Waals surface area contributed by atoms with Crippen LogP contribution in [0.5, 0.6) is 0 Å². The summed E-state index contributed by atoms with van der Waals surface area (Å²) in [4.78, 5) is 15.1. The van der Waals surface area contributed by atoms with Crippen LogP contribution < -0.4 is 10.0 Å². The molecule has 0 aliphatic carbocycles. The van der Waals surface area contributed by atoms with Crippen LogP contribution in [0.1, 0.15) is 42.1 Å². The molecule has 7 nitrogen and oxygen atoms in total. The number of aryl methyl sites for hydroxylation is 1. The first kappa shape index (κ1) is 22.8. The molecular weight excluding hydrogens is 378 g/mol. The van der Waals surface area contributed by atoms with Crippen molar-refractivity contribution in [1.29, 1.82) is 0 Å². The lowest BCUT2D eigenvalue weighted by Crippen LogP contribution is -2.35. The second-order valence-electron chi connectivity index (χ2n) is 7.50. The van der Waals surface area contributed by atoms with E-state index in [0.29, 0.717) is 12.1 Å². The molecule has 2 N–H and O–H groups in total. The van der Waals surface area contributed by atoms with E-state index in [1.807, 2.05) is 0 Å². The molecule has 158 valence electrons. The maximum absolute atomic E-state index is 12.5. The number of nitrogens with one attached hydrogen (secondary N) is 2. The zero-order valence-electron chi connectivity index (χ0n) is 17.2. The zero-order valence-corrected chi connectivity index (χ0v) is 18.0. The number of carbonyl (C=O) groups is 1. The molecule has 1 heterocycles. The summed E-state index contributed by atoms with van der Waals surface area (Å²) in [5.74, 6) is 0.574. The number of benzene rings is 1. The maximum atomic E-state index is 12.5. The Morgan fingerprint density at radius 1 is 1.25 bits per heavy atom. The van der Waals surface area contributed by atoms with Crippen LogP contribution in [0.2, 0.25) is 0 Å². The van der Waals surface area contributed by atoms with Crippen molar-refractivity contribution >= 4 is 15.9 Å². The normalized spacial score (nSPS) is 16.2. The average Bonchev–Trinajstić information content (AvgIpc) is 2.66. The number of nitrogens with zero attached hydrogens (tertiary/aromatic N) is 1. The first-order valence-corrected chi connectivity index (χ1v) is 11.4. The third kappa shape index (κ3) is 6.84. The number of hydrogen-bond donors (Lipinski definition) is 2. The number of likely N-dealkylation sites (tertiary alicyclic amines) is 1. The van der Waals surface area contributed by atoms with E-state index in [-0.39, 0.29) is 24.0 Å². The average molecular weight is 412 g/mol. The van der Waals surface area contributed by atoms with Gasteiger partial charge >= 0.3 is 0 Å². The maximum Gasteiger partial charge on any atom is 0.251 e. The van der Waals surface area contributed by atoms with Crippen LogP contribution in [-0.4, -0.2) is 65.7 Å². The van der Waals surface area contributed by atoms with Gasteiger partial charge in [0, 0.05) is 25.8 Å². The summed E-state index contributed by atoms with van der Waals surface area (Å²) in [7, 11) is -2.16. The molecule has 1 saturated heterocycles. The SMILES string of the molecule is COCCNS(=O)(=O)c1ccc(C)c(C(=O)NCCCN2CCC(C)CC2)c1. The summed E-state index contributed by atoms with van der Waals surface area (Å²) in [6.07, 6.45) is 3.37. The number of hydrogen-bond acceptors (Lipinski definition) is 5. The fourth-order valence-electron chi connectivity index (χ4n) is 3.26. The van der Waals surface area contributed by atoms with Gasteiger partial charge in [0.1, 0.15) is 0 Å². The molecule has 0 unspecified atom stereocenters. The van der Waals surface area contributed by atoms with E-state index in [2.05, 4.69) is 21.9 Å². The van der Waals surface area contributed by atoms with Gasteiger partial charge in [-0.25, -0.2) is 13.1 Å². The molecule has 1 aromatic rings. The van der Waals surface area contributed by atoms with Crippen molar-refractivity contribution in [3.8, 4) is 0 Å². The first-order valence-electron chi connectivity index (χ1n) is 9.93. The Labute approximate surface area is 168 Å². The Morgan fingerprint density at radius 2 is 1.96 bits per heavy atom. The molecule has 1 amide bonds. The number of amides is 1. The Hall–Kier alpha value is -1.48. The number of rotatable bonds is 10. The quantitative estimate of drug-likeness (QED) is 0.573. The van der Waals surface area contributed by atoms with Crippen LogP contribution >= 0.6 is 0 Å². The molecule has 0 spiro atoms. The summed E-state index contributed by atoms with van der Waals surface area (Å²) in [5, 5.41) is 2.92. The second-order valence-corrected chi connectivity index (χ2v) is 9.27. The van der Waals surface area contributed by atoms with Crippen LogP contribution in [0.25, 0.3) is 0 Å². The van der Waals surface area contributed by atoms with E-state index in [1.54, 1.807) is 13.0 Å².